The highest BCUT2D eigenvalue weighted by Gasteiger charge is 2.07. The lowest BCUT2D eigenvalue weighted by Gasteiger charge is -2.16. The fraction of sp³-hybridized carbons (Fsp3) is 1.00. The molecule has 0 aliphatic rings. The van der Waals surface area contributed by atoms with E-state index in [1.165, 1.54) is 70.6 Å². The molecule has 0 fully saturated rings. The van der Waals surface area contributed by atoms with E-state index in [0.717, 1.165) is 23.7 Å². The van der Waals surface area contributed by atoms with Crippen LogP contribution in [0.15, 0.2) is 0 Å². The minimum Gasteiger partial charge on any atom is -0.0651 e. The topological polar surface area (TPSA) is 0 Å². The molecule has 0 saturated heterocycles. The van der Waals surface area contributed by atoms with Gasteiger partial charge in [0.2, 0.25) is 0 Å². The van der Waals surface area contributed by atoms with Crippen LogP contribution in [-0.4, -0.2) is 0 Å². The fourth-order valence-electron chi connectivity index (χ4n) is 3.14. The van der Waals surface area contributed by atoms with Crippen molar-refractivity contribution in [1.82, 2.24) is 0 Å². The number of hydrogen-bond donors (Lipinski definition) is 0. The van der Waals surface area contributed by atoms with Crippen LogP contribution in [0.4, 0.5) is 0 Å². The van der Waals surface area contributed by atoms with E-state index in [9.17, 15) is 0 Å². The molecule has 0 saturated carbocycles. The van der Waals surface area contributed by atoms with Crippen molar-refractivity contribution >= 4 is 0 Å². The smallest absolute Gasteiger partial charge is 0.0443 e. The zero-order valence-electron chi connectivity index (χ0n) is 16.1. The van der Waals surface area contributed by atoms with Gasteiger partial charge in [-0.15, -0.1) is 0 Å². The number of hydrogen-bond acceptors (Lipinski definition) is 0. The van der Waals surface area contributed by atoms with Crippen LogP contribution in [0.5, 0.6) is 0 Å². The second-order valence-corrected chi connectivity index (χ2v) is 8.03. The second kappa shape index (κ2) is 13.6. The molecule has 4 atom stereocenters. The van der Waals surface area contributed by atoms with E-state index in [-0.39, 0.29) is 0 Å². The molecule has 0 aromatic carbocycles. The van der Waals surface area contributed by atoms with Gasteiger partial charge in [-0.25, -0.2) is 0 Å². The summed E-state index contributed by atoms with van der Waals surface area (Å²) < 4.78 is 0. The maximum atomic E-state index is 2.46. The quantitative estimate of drug-likeness (QED) is 0.306. The van der Waals surface area contributed by atoms with E-state index in [1.54, 1.807) is 0 Å². The summed E-state index contributed by atoms with van der Waals surface area (Å²) in [6, 6.07) is 0. The third-order valence-electron chi connectivity index (χ3n) is 5.58. The Morgan fingerprint density at radius 3 is 0.905 bits per heavy atom. The highest BCUT2D eigenvalue weighted by Crippen LogP contribution is 2.22. The maximum absolute atomic E-state index is 2.46. The fourth-order valence-corrected chi connectivity index (χ4v) is 3.14. The maximum Gasteiger partial charge on any atom is -0.0443 e. The van der Waals surface area contributed by atoms with E-state index < -0.39 is 0 Å². The lowest BCUT2D eigenvalue weighted by Crippen LogP contribution is -2.01. The summed E-state index contributed by atoms with van der Waals surface area (Å²) in [6.45, 7) is 14.3. The standard InChI is InChI=1S/C21H44/c1-7-18(3)12-9-14-20(5)16-11-17-21(6)15-10-13-19(4)8-2/h18-21H,7-17H2,1-6H3. The van der Waals surface area contributed by atoms with Crippen LogP contribution in [0.3, 0.4) is 0 Å². The summed E-state index contributed by atoms with van der Waals surface area (Å²) in [5.41, 5.74) is 0. The van der Waals surface area contributed by atoms with Gasteiger partial charge in [-0.3, -0.25) is 0 Å². The third kappa shape index (κ3) is 13.4. The summed E-state index contributed by atoms with van der Waals surface area (Å²) in [6.07, 6.45) is 15.7. The molecule has 0 spiro atoms. The normalized spacial score (nSPS) is 17.4. The second-order valence-electron chi connectivity index (χ2n) is 8.03. The van der Waals surface area contributed by atoms with Crippen LogP contribution >= 0.6 is 0 Å². The average Bonchev–Trinajstić information content (AvgIpc) is 2.46. The lowest BCUT2D eigenvalue weighted by atomic mass is 9.90. The van der Waals surface area contributed by atoms with Crippen molar-refractivity contribution in [3.8, 4) is 0 Å². The van der Waals surface area contributed by atoms with E-state index in [4.69, 9.17) is 0 Å². The Balaban J connectivity index is 3.46. The first-order valence-corrected chi connectivity index (χ1v) is 9.99. The first kappa shape index (κ1) is 21.0. The minimum absolute atomic E-state index is 0.933. The molecular weight excluding hydrogens is 252 g/mol. The van der Waals surface area contributed by atoms with Gasteiger partial charge < -0.3 is 0 Å². The zero-order valence-corrected chi connectivity index (χ0v) is 16.1. The predicted molar refractivity (Wildman–Crippen MR) is 98.8 cm³/mol. The molecule has 0 aromatic rings. The lowest BCUT2D eigenvalue weighted by molar-refractivity contribution is 0.373. The molecule has 0 amide bonds. The van der Waals surface area contributed by atoms with Crippen LogP contribution in [0.2, 0.25) is 0 Å². The van der Waals surface area contributed by atoms with Gasteiger partial charge in [-0.2, -0.15) is 0 Å². The summed E-state index contributed by atoms with van der Waals surface area (Å²) in [7, 11) is 0. The minimum atomic E-state index is 0.933. The Hall–Kier alpha value is 0. The van der Waals surface area contributed by atoms with E-state index in [1.807, 2.05) is 0 Å². The Morgan fingerprint density at radius 1 is 0.429 bits per heavy atom. The van der Waals surface area contributed by atoms with Crippen LogP contribution in [-0.2, 0) is 0 Å². The first-order chi connectivity index (χ1) is 9.99. The Morgan fingerprint density at radius 2 is 0.667 bits per heavy atom. The molecule has 128 valence electrons. The predicted octanol–water partition coefficient (Wildman–Crippen LogP) is 7.86. The Labute approximate surface area is 136 Å². The molecule has 0 radical (unpaired) electrons. The van der Waals surface area contributed by atoms with Crippen molar-refractivity contribution in [2.75, 3.05) is 0 Å². The first-order valence-electron chi connectivity index (χ1n) is 9.99. The number of rotatable bonds is 14. The summed E-state index contributed by atoms with van der Waals surface area (Å²) in [5.74, 6) is 3.76. The third-order valence-corrected chi connectivity index (χ3v) is 5.58. The van der Waals surface area contributed by atoms with Crippen LogP contribution < -0.4 is 0 Å². The van der Waals surface area contributed by atoms with Crippen molar-refractivity contribution in [3.05, 3.63) is 0 Å². The Kier molecular flexibility index (Phi) is 13.6. The van der Waals surface area contributed by atoms with Gasteiger partial charge in [-0.05, 0) is 23.7 Å². The van der Waals surface area contributed by atoms with Crippen molar-refractivity contribution in [2.45, 2.75) is 112 Å². The van der Waals surface area contributed by atoms with E-state index >= 15 is 0 Å². The van der Waals surface area contributed by atoms with Crippen molar-refractivity contribution in [2.24, 2.45) is 23.7 Å². The molecule has 0 aliphatic carbocycles. The Bertz CT molecular complexity index is 186. The van der Waals surface area contributed by atoms with E-state index in [0.29, 0.717) is 0 Å². The highest BCUT2D eigenvalue weighted by atomic mass is 14.1. The van der Waals surface area contributed by atoms with E-state index in [2.05, 4.69) is 41.5 Å². The molecule has 0 aromatic heterocycles. The molecule has 0 bridgehead atoms. The summed E-state index contributed by atoms with van der Waals surface area (Å²) in [4.78, 5) is 0. The van der Waals surface area contributed by atoms with Crippen LogP contribution in [0.25, 0.3) is 0 Å². The van der Waals surface area contributed by atoms with Crippen molar-refractivity contribution < 1.29 is 0 Å². The molecule has 4 unspecified atom stereocenters. The summed E-state index contributed by atoms with van der Waals surface area (Å²) in [5, 5.41) is 0. The van der Waals surface area contributed by atoms with Gasteiger partial charge in [0.1, 0.15) is 0 Å². The monoisotopic (exact) mass is 296 g/mol. The molecule has 21 heavy (non-hydrogen) atoms. The average molecular weight is 297 g/mol. The van der Waals surface area contributed by atoms with Gasteiger partial charge in [-0.1, -0.05) is 112 Å². The highest BCUT2D eigenvalue weighted by molar-refractivity contribution is 4.60. The SMILES string of the molecule is CCC(C)CCCC(C)CCCC(C)CCCC(C)CC. The van der Waals surface area contributed by atoms with Gasteiger partial charge >= 0.3 is 0 Å². The van der Waals surface area contributed by atoms with Gasteiger partial charge in [0.25, 0.3) is 0 Å². The van der Waals surface area contributed by atoms with Gasteiger partial charge in [0, 0.05) is 0 Å². The van der Waals surface area contributed by atoms with Gasteiger partial charge in [0.15, 0.2) is 0 Å². The molecule has 0 heteroatoms. The zero-order chi connectivity index (χ0) is 16.1. The van der Waals surface area contributed by atoms with Gasteiger partial charge in [0.05, 0.1) is 0 Å². The molecule has 0 aliphatic heterocycles. The molecule has 0 heterocycles. The molecular formula is C21H44. The summed E-state index contributed by atoms with van der Waals surface area (Å²) >= 11 is 0. The largest absolute Gasteiger partial charge is 0.0651 e. The molecule has 0 N–H and O–H groups in total. The van der Waals surface area contributed by atoms with Crippen molar-refractivity contribution in [3.63, 3.8) is 0 Å². The van der Waals surface area contributed by atoms with Crippen LogP contribution in [0, 0.1) is 23.7 Å². The van der Waals surface area contributed by atoms with Crippen LogP contribution in [0.1, 0.15) is 112 Å². The van der Waals surface area contributed by atoms with Crippen molar-refractivity contribution in [1.29, 1.82) is 0 Å². The molecule has 0 nitrogen and oxygen atoms in total. The molecule has 0 rings (SSSR count).